The van der Waals surface area contributed by atoms with E-state index >= 15 is 0 Å². The second-order valence-electron chi connectivity index (χ2n) is 3.96. The Morgan fingerprint density at radius 1 is 1.30 bits per heavy atom. The van der Waals surface area contributed by atoms with Gasteiger partial charge in [-0.3, -0.25) is 4.79 Å². The molecule has 0 aliphatic rings. The Hall–Kier alpha value is -1.36. The van der Waals surface area contributed by atoms with Gasteiger partial charge in [-0.25, -0.2) is 4.98 Å². The van der Waals surface area contributed by atoms with Crippen LogP contribution in [-0.4, -0.2) is 16.1 Å². The van der Waals surface area contributed by atoms with Gasteiger partial charge in [-0.15, -0.1) is 0 Å². The van der Waals surface area contributed by atoms with Crippen LogP contribution in [0.25, 0.3) is 11.1 Å². The zero-order valence-corrected chi connectivity index (χ0v) is 12.1. The van der Waals surface area contributed by atoms with Gasteiger partial charge in [-0.1, -0.05) is 34.8 Å². The molecule has 0 unspecified atom stereocenters. The molecule has 0 fully saturated rings. The summed E-state index contributed by atoms with van der Waals surface area (Å²) in [7, 11) is 0. The average molecular weight is 335 g/mol. The maximum atomic E-state index is 14.0. The number of halogens is 4. The molecule has 3 nitrogen and oxygen atoms in total. The second-order valence-corrected chi connectivity index (χ2v) is 5.18. The van der Waals surface area contributed by atoms with E-state index < -0.39 is 11.9 Å². The highest BCUT2D eigenvalue weighted by Crippen LogP contribution is 2.38. The highest BCUT2D eigenvalue weighted by molar-refractivity contribution is 6.45. The number of hydrogen-bond acceptors (Lipinski definition) is 2. The number of aliphatic carboxylic acids is 1. The molecule has 0 bridgehead atoms. The summed E-state index contributed by atoms with van der Waals surface area (Å²) in [5.41, 5.74) is 0.445. The van der Waals surface area contributed by atoms with Crippen molar-refractivity contribution in [3.8, 4) is 11.1 Å². The summed E-state index contributed by atoms with van der Waals surface area (Å²) in [6, 6.07) is 4.25. The van der Waals surface area contributed by atoms with Gasteiger partial charge in [0.2, 0.25) is 5.95 Å². The third-order valence-corrected chi connectivity index (χ3v) is 3.62. The normalized spacial score (nSPS) is 10.6. The van der Waals surface area contributed by atoms with Gasteiger partial charge >= 0.3 is 5.97 Å². The Bertz CT molecular complexity index is 692. The van der Waals surface area contributed by atoms with Crippen LogP contribution >= 0.6 is 34.8 Å². The molecular formula is C13H7Cl3FNO2. The molecule has 104 valence electrons. The Balaban J connectivity index is 2.72. The fraction of sp³-hybridized carbons (Fsp3) is 0.0769. The van der Waals surface area contributed by atoms with Crippen molar-refractivity contribution >= 4 is 40.8 Å². The lowest BCUT2D eigenvalue weighted by atomic mass is 9.99. The Labute approximate surface area is 128 Å². The molecular weight excluding hydrogens is 328 g/mol. The van der Waals surface area contributed by atoms with Crippen molar-refractivity contribution < 1.29 is 14.3 Å². The van der Waals surface area contributed by atoms with E-state index in [1.54, 1.807) is 0 Å². The predicted octanol–water partition coefficient (Wildman–Crippen LogP) is 4.48. The van der Waals surface area contributed by atoms with E-state index in [1.807, 2.05) is 0 Å². The van der Waals surface area contributed by atoms with E-state index in [1.165, 1.54) is 24.4 Å². The first-order valence-corrected chi connectivity index (χ1v) is 6.53. The van der Waals surface area contributed by atoms with Crippen LogP contribution in [0.3, 0.4) is 0 Å². The lowest BCUT2D eigenvalue weighted by Crippen LogP contribution is -2.04. The molecule has 0 atom stereocenters. The number of carboxylic acid groups (broad SMARTS) is 1. The van der Waals surface area contributed by atoms with E-state index in [0.29, 0.717) is 0 Å². The molecule has 0 amide bonds. The van der Waals surface area contributed by atoms with E-state index in [2.05, 4.69) is 4.98 Å². The molecule has 2 rings (SSSR count). The number of rotatable bonds is 3. The van der Waals surface area contributed by atoms with Crippen molar-refractivity contribution in [3.63, 3.8) is 0 Å². The topological polar surface area (TPSA) is 50.2 Å². The number of carboxylic acids is 1. The molecule has 1 N–H and O–H groups in total. The van der Waals surface area contributed by atoms with Gasteiger partial charge in [0, 0.05) is 22.3 Å². The molecule has 20 heavy (non-hydrogen) atoms. The number of carbonyl (C=O) groups is 1. The molecule has 7 heteroatoms. The zero-order chi connectivity index (χ0) is 14.9. The summed E-state index contributed by atoms with van der Waals surface area (Å²) in [6.07, 6.45) is 0.826. The Morgan fingerprint density at radius 3 is 2.65 bits per heavy atom. The van der Waals surface area contributed by atoms with Gasteiger partial charge in [0.15, 0.2) is 0 Å². The summed E-state index contributed by atoms with van der Waals surface area (Å²) in [5.74, 6) is -1.93. The van der Waals surface area contributed by atoms with Crippen LogP contribution in [0.2, 0.25) is 15.1 Å². The first kappa shape index (κ1) is 15.0. The van der Waals surface area contributed by atoms with E-state index in [4.69, 9.17) is 39.9 Å². The van der Waals surface area contributed by atoms with Crippen LogP contribution in [0.15, 0.2) is 24.4 Å². The molecule has 1 aromatic carbocycles. The molecule has 1 aromatic heterocycles. The molecule has 0 spiro atoms. The maximum absolute atomic E-state index is 14.0. The Morgan fingerprint density at radius 2 is 2.00 bits per heavy atom. The lowest BCUT2D eigenvalue weighted by molar-refractivity contribution is -0.136. The van der Waals surface area contributed by atoms with Crippen LogP contribution in [0.4, 0.5) is 4.39 Å². The second kappa shape index (κ2) is 5.95. The minimum absolute atomic E-state index is 0.00991. The number of aromatic nitrogens is 1. The smallest absolute Gasteiger partial charge is 0.307 e. The van der Waals surface area contributed by atoms with Crippen LogP contribution in [0.1, 0.15) is 5.56 Å². The van der Waals surface area contributed by atoms with E-state index in [-0.39, 0.29) is 38.2 Å². The Kier molecular flexibility index (Phi) is 4.48. The van der Waals surface area contributed by atoms with E-state index in [9.17, 15) is 9.18 Å². The standard InChI is InChI=1S/C13H7Cl3FNO2/c14-7-4-8(12(16)9(15)5-7)11-6(3-10(19)20)1-2-18-13(11)17/h1-2,4-5H,3H2,(H,19,20). The number of hydrogen-bond donors (Lipinski definition) is 1. The lowest BCUT2D eigenvalue weighted by Gasteiger charge is -2.11. The highest BCUT2D eigenvalue weighted by atomic mass is 35.5. The van der Waals surface area contributed by atoms with Crippen molar-refractivity contribution in [2.75, 3.05) is 0 Å². The van der Waals surface area contributed by atoms with Crippen molar-refractivity contribution in [3.05, 3.63) is 51.0 Å². The van der Waals surface area contributed by atoms with Gasteiger partial charge in [-0.2, -0.15) is 4.39 Å². The van der Waals surface area contributed by atoms with Crippen molar-refractivity contribution in [2.45, 2.75) is 6.42 Å². The molecule has 0 aliphatic heterocycles. The van der Waals surface area contributed by atoms with Crippen molar-refractivity contribution in [1.82, 2.24) is 4.98 Å². The molecule has 0 saturated carbocycles. The van der Waals surface area contributed by atoms with Crippen LogP contribution < -0.4 is 0 Å². The highest BCUT2D eigenvalue weighted by Gasteiger charge is 2.19. The third-order valence-electron chi connectivity index (χ3n) is 2.60. The minimum Gasteiger partial charge on any atom is -0.481 e. The third kappa shape index (κ3) is 3.03. The molecule has 0 radical (unpaired) electrons. The zero-order valence-electron chi connectivity index (χ0n) is 9.83. The maximum Gasteiger partial charge on any atom is 0.307 e. The summed E-state index contributed by atoms with van der Waals surface area (Å²) in [6.45, 7) is 0. The molecule has 2 aromatic rings. The molecule has 0 aliphatic carbocycles. The van der Waals surface area contributed by atoms with Gasteiger partial charge in [0.1, 0.15) is 0 Å². The summed E-state index contributed by atoms with van der Waals surface area (Å²) in [4.78, 5) is 14.4. The van der Waals surface area contributed by atoms with Gasteiger partial charge in [0.25, 0.3) is 0 Å². The van der Waals surface area contributed by atoms with Gasteiger partial charge < -0.3 is 5.11 Å². The first-order chi connectivity index (χ1) is 9.40. The van der Waals surface area contributed by atoms with Crippen molar-refractivity contribution in [2.24, 2.45) is 0 Å². The fourth-order valence-corrected chi connectivity index (χ4v) is 2.50. The largest absolute Gasteiger partial charge is 0.481 e. The fourth-order valence-electron chi connectivity index (χ4n) is 1.81. The quantitative estimate of drug-likeness (QED) is 0.665. The molecule has 0 saturated heterocycles. The van der Waals surface area contributed by atoms with Crippen LogP contribution in [0, 0.1) is 5.95 Å². The first-order valence-electron chi connectivity index (χ1n) is 5.40. The summed E-state index contributed by atoms with van der Waals surface area (Å²) < 4.78 is 14.0. The number of pyridine rings is 1. The average Bonchev–Trinajstić information content (AvgIpc) is 2.34. The van der Waals surface area contributed by atoms with E-state index in [0.717, 1.165) is 0 Å². The monoisotopic (exact) mass is 333 g/mol. The van der Waals surface area contributed by atoms with Crippen molar-refractivity contribution in [1.29, 1.82) is 0 Å². The summed E-state index contributed by atoms with van der Waals surface area (Å²) >= 11 is 17.8. The number of nitrogens with zero attached hydrogens (tertiary/aromatic N) is 1. The predicted molar refractivity (Wildman–Crippen MR) is 76.0 cm³/mol. The van der Waals surface area contributed by atoms with Crippen LogP contribution in [0.5, 0.6) is 0 Å². The summed E-state index contributed by atoms with van der Waals surface area (Å²) in [5, 5.41) is 9.39. The minimum atomic E-state index is -1.10. The SMILES string of the molecule is O=C(O)Cc1ccnc(F)c1-c1cc(Cl)cc(Cl)c1Cl. The molecule has 1 heterocycles. The van der Waals surface area contributed by atoms with Gasteiger partial charge in [-0.05, 0) is 23.8 Å². The van der Waals surface area contributed by atoms with Gasteiger partial charge in [0.05, 0.1) is 16.5 Å². The van der Waals surface area contributed by atoms with Crippen LogP contribution in [-0.2, 0) is 11.2 Å². The number of benzene rings is 1.